The minimum absolute atomic E-state index is 0.120. The van der Waals surface area contributed by atoms with Crippen molar-refractivity contribution in [1.29, 1.82) is 0 Å². The van der Waals surface area contributed by atoms with E-state index in [1.54, 1.807) is 54.3 Å². The Hall–Kier alpha value is -3.10. The SMILES string of the molecule is C[C@H](C(=O)N1CCN(C)CC1)N1C(=O)COc2ccc(C(=O)COc3cccc(Cl)c3)cc21. The summed E-state index contributed by atoms with van der Waals surface area (Å²) in [6.45, 7) is 4.18. The number of ether oxygens (including phenoxy) is 2. The van der Waals surface area contributed by atoms with Crippen LogP contribution < -0.4 is 14.4 Å². The molecule has 0 bridgehead atoms. The Morgan fingerprint density at radius 3 is 2.61 bits per heavy atom. The van der Waals surface area contributed by atoms with Crippen LogP contribution in [0.25, 0.3) is 0 Å². The van der Waals surface area contributed by atoms with Gasteiger partial charge in [-0.3, -0.25) is 19.3 Å². The number of likely N-dealkylation sites (N-methyl/N-ethyl adjacent to an activating group) is 1. The van der Waals surface area contributed by atoms with E-state index in [0.717, 1.165) is 13.1 Å². The van der Waals surface area contributed by atoms with Gasteiger partial charge in [0.1, 0.15) is 17.5 Å². The number of halogens is 1. The molecule has 0 saturated carbocycles. The smallest absolute Gasteiger partial charge is 0.265 e. The molecule has 8 nitrogen and oxygen atoms in total. The first-order valence-corrected chi connectivity index (χ1v) is 11.2. The average Bonchev–Trinajstić information content (AvgIpc) is 2.82. The van der Waals surface area contributed by atoms with E-state index in [-0.39, 0.29) is 30.8 Å². The molecular formula is C24H26ClN3O5. The Bertz CT molecular complexity index is 1070. The predicted molar refractivity (Wildman–Crippen MR) is 124 cm³/mol. The zero-order chi connectivity index (χ0) is 23.5. The second-order valence-corrected chi connectivity index (χ2v) is 8.65. The first kappa shape index (κ1) is 23.1. The Kier molecular flexibility index (Phi) is 6.85. The van der Waals surface area contributed by atoms with E-state index in [1.165, 1.54) is 4.90 Å². The number of piperazine rings is 1. The molecule has 1 saturated heterocycles. The van der Waals surface area contributed by atoms with Gasteiger partial charge in [0.25, 0.3) is 5.91 Å². The van der Waals surface area contributed by atoms with Gasteiger partial charge < -0.3 is 19.3 Å². The van der Waals surface area contributed by atoms with Crippen molar-refractivity contribution in [1.82, 2.24) is 9.80 Å². The summed E-state index contributed by atoms with van der Waals surface area (Å²) in [5.74, 6) is 0.233. The molecule has 1 atom stereocenters. The molecule has 2 amide bonds. The number of amides is 2. The van der Waals surface area contributed by atoms with Crippen LogP contribution in [0, 0.1) is 0 Å². The van der Waals surface area contributed by atoms with Crippen LogP contribution in [0.5, 0.6) is 11.5 Å². The number of carbonyl (C=O) groups excluding carboxylic acids is 3. The largest absolute Gasteiger partial charge is 0.485 e. The van der Waals surface area contributed by atoms with Crippen molar-refractivity contribution in [3.8, 4) is 11.5 Å². The molecule has 2 aliphatic heterocycles. The monoisotopic (exact) mass is 471 g/mol. The molecule has 0 aromatic heterocycles. The molecule has 174 valence electrons. The van der Waals surface area contributed by atoms with E-state index in [1.807, 2.05) is 7.05 Å². The van der Waals surface area contributed by atoms with E-state index < -0.39 is 6.04 Å². The summed E-state index contributed by atoms with van der Waals surface area (Å²) in [5, 5.41) is 0.513. The first-order valence-electron chi connectivity index (χ1n) is 10.8. The fraction of sp³-hybridized carbons (Fsp3) is 0.375. The number of hydrogen-bond donors (Lipinski definition) is 0. The summed E-state index contributed by atoms with van der Waals surface area (Å²) in [6.07, 6.45) is 0. The van der Waals surface area contributed by atoms with Crippen LogP contribution in [0.1, 0.15) is 17.3 Å². The van der Waals surface area contributed by atoms with E-state index >= 15 is 0 Å². The van der Waals surface area contributed by atoms with Crippen molar-refractivity contribution in [3.63, 3.8) is 0 Å². The fourth-order valence-electron chi connectivity index (χ4n) is 3.96. The van der Waals surface area contributed by atoms with Crippen molar-refractivity contribution in [2.24, 2.45) is 0 Å². The van der Waals surface area contributed by atoms with E-state index in [9.17, 15) is 14.4 Å². The highest BCUT2D eigenvalue weighted by Crippen LogP contribution is 2.35. The summed E-state index contributed by atoms with van der Waals surface area (Å²) >= 11 is 5.96. The maximum atomic E-state index is 13.1. The second kappa shape index (κ2) is 9.80. The Morgan fingerprint density at radius 2 is 1.88 bits per heavy atom. The van der Waals surface area contributed by atoms with Gasteiger partial charge in [-0.05, 0) is 50.4 Å². The van der Waals surface area contributed by atoms with Crippen molar-refractivity contribution in [2.75, 3.05) is 51.3 Å². The molecule has 0 radical (unpaired) electrons. The van der Waals surface area contributed by atoms with E-state index in [2.05, 4.69) is 4.90 Å². The Labute approximate surface area is 197 Å². The van der Waals surface area contributed by atoms with Gasteiger partial charge >= 0.3 is 0 Å². The van der Waals surface area contributed by atoms with Crippen LogP contribution in [0.4, 0.5) is 5.69 Å². The van der Waals surface area contributed by atoms with E-state index in [4.69, 9.17) is 21.1 Å². The lowest BCUT2D eigenvalue weighted by atomic mass is 10.1. The molecule has 0 spiro atoms. The van der Waals surface area contributed by atoms with Gasteiger partial charge in [0.05, 0.1) is 5.69 Å². The van der Waals surface area contributed by atoms with Crippen LogP contribution in [-0.4, -0.2) is 79.9 Å². The summed E-state index contributed by atoms with van der Waals surface area (Å²) in [7, 11) is 2.02. The summed E-state index contributed by atoms with van der Waals surface area (Å²) in [6, 6.07) is 10.9. The molecule has 2 heterocycles. The Morgan fingerprint density at radius 1 is 1.12 bits per heavy atom. The lowest BCUT2D eigenvalue weighted by Crippen LogP contribution is -2.56. The highest BCUT2D eigenvalue weighted by molar-refractivity contribution is 6.30. The molecule has 0 aliphatic carbocycles. The van der Waals surface area contributed by atoms with Gasteiger partial charge in [0, 0.05) is 36.8 Å². The zero-order valence-corrected chi connectivity index (χ0v) is 19.4. The number of carbonyl (C=O) groups is 3. The van der Waals surface area contributed by atoms with E-state index in [0.29, 0.717) is 40.9 Å². The number of rotatable bonds is 6. The van der Waals surface area contributed by atoms with Crippen LogP contribution in [0.3, 0.4) is 0 Å². The average molecular weight is 472 g/mol. The van der Waals surface area contributed by atoms with Crippen LogP contribution in [-0.2, 0) is 9.59 Å². The van der Waals surface area contributed by atoms with Crippen LogP contribution in [0.15, 0.2) is 42.5 Å². The number of hydrogen-bond acceptors (Lipinski definition) is 6. The quantitative estimate of drug-likeness (QED) is 0.602. The number of anilines is 1. The van der Waals surface area contributed by atoms with Gasteiger partial charge in [-0.2, -0.15) is 0 Å². The lowest BCUT2D eigenvalue weighted by Gasteiger charge is -2.38. The molecule has 4 rings (SSSR count). The maximum Gasteiger partial charge on any atom is 0.265 e. The maximum absolute atomic E-state index is 13.1. The molecule has 0 N–H and O–H groups in total. The third-order valence-corrected chi connectivity index (χ3v) is 6.12. The number of fused-ring (bicyclic) bond motifs is 1. The topological polar surface area (TPSA) is 79.4 Å². The molecule has 33 heavy (non-hydrogen) atoms. The number of Topliss-reactive ketones (excluding diaryl/α,β-unsaturated/α-hetero) is 1. The van der Waals surface area contributed by atoms with Gasteiger partial charge in [0.2, 0.25) is 5.91 Å². The Balaban J connectivity index is 1.52. The summed E-state index contributed by atoms with van der Waals surface area (Å²) in [5.41, 5.74) is 0.771. The lowest BCUT2D eigenvalue weighted by molar-refractivity contribution is -0.136. The highest BCUT2D eigenvalue weighted by atomic mass is 35.5. The standard InChI is InChI=1S/C24H26ClN3O5/c1-16(24(31)27-10-8-26(2)9-11-27)28-20-12-17(6-7-22(20)33-15-23(28)30)21(29)14-32-19-5-3-4-18(25)13-19/h3-7,12-13,16H,8-11,14-15H2,1-2H3/t16-/m1/s1. The number of nitrogens with zero attached hydrogens (tertiary/aromatic N) is 3. The molecule has 2 aromatic rings. The highest BCUT2D eigenvalue weighted by Gasteiger charge is 2.36. The summed E-state index contributed by atoms with van der Waals surface area (Å²) in [4.78, 5) is 44.1. The summed E-state index contributed by atoms with van der Waals surface area (Å²) < 4.78 is 11.1. The van der Waals surface area contributed by atoms with Gasteiger partial charge in [-0.25, -0.2) is 0 Å². The normalized spacial score (nSPS) is 17.2. The zero-order valence-electron chi connectivity index (χ0n) is 18.6. The van der Waals surface area contributed by atoms with Crippen molar-refractivity contribution >= 4 is 34.9 Å². The minimum Gasteiger partial charge on any atom is -0.485 e. The van der Waals surface area contributed by atoms with Gasteiger partial charge in [-0.1, -0.05) is 17.7 Å². The van der Waals surface area contributed by atoms with Gasteiger partial charge in [-0.15, -0.1) is 0 Å². The number of benzene rings is 2. The third kappa shape index (κ3) is 5.12. The minimum atomic E-state index is -0.711. The van der Waals surface area contributed by atoms with Crippen LogP contribution >= 0.6 is 11.6 Å². The molecule has 1 fully saturated rings. The fourth-order valence-corrected chi connectivity index (χ4v) is 4.14. The van der Waals surface area contributed by atoms with Gasteiger partial charge in [0.15, 0.2) is 19.0 Å². The predicted octanol–water partition coefficient (Wildman–Crippen LogP) is 2.49. The molecular weight excluding hydrogens is 446 g/mol. The molecule has 2 aromatic carbocycles. The number of ketones is 1. The van der Waals surface area contributed by atoms with Crippen molar-refractivity contribution in [3.05, 3.63) is 53.1 Å². The molecule has 0 unspecified atom stereocenters. The molecule has 2 aliphatic rings. The van der Waals surface area contributed by atoms with Crippen LogP contribution in [0.2, 0.25) is 5.02 Å². The second-order valence-electron chi connectivity index (χ2n) is 8.21. The molecule has 9 heteroatoms. The third-order valence-electron chi connectivity index (χ3n) is 5.89. The first-order chi connectivity index (χ1) is 15.8. The van der Waals surface area contributed by atoms with Crippen molar-refractivity contribution in [2.45, 2.75) is 13.0 Å². The van der Waals surface area contributed by atoms with Crippen molar-refractivity contribution < 1.29 is 23.9 Å².